The number of fused-ring (bicyclic) bond motifs is 1. The number of nitrogens with one attached hydrogen (secondary N) is 1. The minimum absolute atomic E-state index is 0.0261. The molecule has 8 heteroatoms. The van der Waals surface area contributed by atoms with Gasteiger partial charge in [0.2, 0.25) is 18.6 Å². The van der Waals surface area contributed by atoms with Crippen LogP contribution in [0.5, 0.6) is 11.5 Å². The average Bonchev–Trinajstić information content (AvgIpc) is 3.50. The van der Waals surface area contributed by atoms with E-state index < -0.39 is 6.04 Å². The SMILES string of the molecule is O=C(Nc1ccc(-n2cccn2)cc1)C1CCC(=O)N1Cc1ccc2c(c1)OCO2. The molecule has 3 aromatic rings. The highest BCUT2D eigenvalue weighted by Gasteiger charge is 2.36. The first-order chi connectivity index (χ1) is 14.7. The molecule has 1 N–H and O–H groups in total. The topological polar surface area (TPSA) is 85.7 Å². The molecule has 1 atom stereocenters. The molecule has 0 aliphatic carbocycles. The van der Waals surface area contributed by atoms with Gasteiger partial charge in [-0.25, -0.2) is 4.68 Å². The minimum Gasteiger partial charge on any atom is -0.454 e. The first-order valence-electron chi connectivity index (χ1n) is 9.76. The van der Waals surface area contributed by atoms with E-state index in [9.17, 15) is 9.59 Å². The van der Waals surface area contributed by atoms with Crippen molar-refractivity contribution in [1.29, 1.82) is 0 Å². The number of hydrogen-bond acceptors (Lipinski definition) is 5. The predicted molar refractivity (Wildman–Crippen MR) is 108 cm³/mol. The molecule has 0 saturated carbocycles. The molecule has 1 aromatic heterocycles. The zero-order chi connectivity index (χ0) is 20.5. The van der Waals surface area contributed by atoms with Crippen LogP contribution in [0.15, 0.2) is 60.9 Å². The normalized spacial score (nSPS) is 17.4. The van der Waals surface area contributed by atoms with Gasteiger partial charge in [0.15, 0.2) is 11.5 Å². The van der Waals surface area contributed by atoms with E-state index >= 15 is 0 Å². The van der Waals surface area contributed by atoms with Gasteiger partial charge in [0.25, 0.3) is 0 Å². The van der Waals surface area contributed by atoms with E-state index in [2.05, 4.69) is 10.4 Å². The van der Waals surface area contributed by atoms with E-state index in [4.69, 9.17) is 9.47 Å². The molecular formula is C22H20N4O4. The molecule has 1 unspecified atom stereocenters. The van der Waals surface area contributed by atoms with Crippen LogP contribution in [0.3, 0.4) is 0 Å². The van der Waals surface area contributed by atoms with Crippen LogP contribution in [-0.2, 0) is 16.1 Å². The minimum atomic E-state index is -0.506. The second-order valence-corrected chi connectivity index (χ2v) is 7.25. The van der Waals surface area contributed by atoms with E-state index in [0.29, 0.717) is 36.6 Å². The molecular weight excluding hydrogens is 384 g/mol. The number of likely N-dealkylation sites (tertiary alicyclic amines) is 1. The maximum absolute atomic E-state index is 12.9. The summed E-state index contributed by atoms with van der Waals surface area (Å²) in [6.07, 6.45) is 4.43. The van der Waals surface area contributed by atoms with E-state index in [0.717, 1.165) is 11.3 Å². The summed E-state index contributed by atoms with van der Waals surface area (Å²) in [4.78, 5) is 27.0. The lowest BCUT2D eigenvalue weighted by Gasteiger charge is -2.24. The van der Waals surface area contributed by atoms with Crippen molar-refractivity contribution in [3.8, 4) is 17.2 Å². The van der Waals surface area contributed by atoms with Gasteiger partial charge < -0.3 is 19.7 Å². The standard InChI is InChI=1S/C22H20N4O4/c27-21-9-7-18(25(21)13-15-2-8-19-20(12-15)30-14-29-19)22(28)24-16-3-5-17(6-4-16)26-11-1-10-23-26/h1-6,8,10-12,18H,7,9,13-14H2,(H,24,28). The van der Waals surface area contributed by atoms with Crippen LogP contribution >= 0.6 is 0 Å². The number of carbonyl (C=O) groups is 2. The van der Waals surface area contributed by atoms with Crippen LogP contribution in [-0.4, -0.2) is 39.3 Å². The number of rotatable bonds is 5. The number of aromatic nitrogens is 2. The number of nitrogens with zero attached hydrogens (tertiary/aromatic N) is 3. The Kier molecular flexibility index (Phi) is 4.59. The van der Waals surface area contributed by atoms with Crippen LogP contribution in [0.2, 0.25) is 0 Å². The van der Waals surface area contributed by atoms with Crippen LogP contribution in [0.25, 0.3) is 5.69 Å². The van der Waals surface area contributed by atoms with Gasteiger partial charge in [-0.15, -0.1) is 0 Å². The Labute approximate surface area is 173 Å². The molecule has 8 nitrogen and oxygen atoms in total. The summed E-state index contributed by atoms with van der Waals surface area (Å²) in [5, 5.41) is 7.12. The molecule has 30 heavy (non-hydrogen) atoms. The van der Waals surface area contributed by atoms with E-state index in [1.54, 1.807) is 15.8 Å². The molecule has 1 fully saturated rings. The Morgan fingerprint density at radius 1 is 1.13 bits per heavy atom. The fraction of sp³-hybridized carbons (Fsp3) is 0.227. The third-order valence-corrected chi connectivity index (χ3v) is 5.32. The number of amides is 2. The fourth-order valence-corrected chi connectivity index (χ4v) is 3.79. The highest BCUT2D eigenvalue weighted by Crippen LogP contribution is 2.33. The molecule has 0 spiro atoms. The smallest absolute Gasteiger partial charge is 0.247 e. The number of carbonyl (C=O) groups excluding carboxylic acids is 2. The zero-order valence-corrected chi connectivity index (χ0v) is 16.2. The molecule has 2 aliphatic heterocycles. The van der Waals surface area contributed by atoms with Crippen LogP contribution in [0, 0.1) is 0 Å². The summed E-state index contributed by atoms with van der Waals surface area (Å²) >= 11 is 0. The molecule has 2 aromatic carbocycles. The van der Waals surface area contributed by atoms with Crippen LogP contribution < -0.4 is 14.8 Å². The van der Waals surface area contributed by atoms with Crippen molar-refractivity contribution in [2.24, 2.45) is 0 Å². The summed E-state index contributed by atoms with van der Waals surface area (Å²) in [6, 6.07) is 14.3. The van der Waals surface area contributed by atoms with E-state index in [-0.39, 0.29) is 18.6 Å². The predicted octanol–water partition coefficient (Wildman–Crippen LogP) is 2.73. The molecule has 2 amide bonds. The molecule has 1 saturated heterocycles. The van der Waals surface area contributed by atoms with Gasteiger partial charge in [0.05, 0.1) is 5.69 Å². The highest BCUT2D eigenvalue weighted by molar-refractivity contribution is 5.99. The van der Waals surface area contributed by atoms with Crippen molar-refractivity contribution >= 4 is 17.5 Å². The van der Waals surface area contributed by atoms with Gasteiger partial charge in [-0.3, -0.25) is 9.59 Å². The largest absolute Gasteiger partial charge is 0.454 e. The molecule has 0 radical (unpaired) electrons. The summed E-state index contributed by atoms with van der Waals surface area (Å²) < 4.78 is 12.5. The number of anilines is 1. The molecule has 5 rings (SSSR count). The van der Waals surface area contributed by atoms with Gasteiger partial charge in [-0.05, 0) is 54.4 Å². The lowest BCUT2D eigenvalue weighted by molar-refractivity contribution is -0.133. The summed E-state index contributed by atoms with van der Waals surface area (Å²) in [5.41, 5.74) is 2.48. The first-order valence-corrected chi connectivity index (χ1v) is 9.76. The summed E-state index contributed by atoms with van der Waals surface area (Å²) in [7, 11) is 0. The van der Waals surface area contributed by atoms with Gasteiger partial charge >= 0.3 is 0 Å². The molecule has 152 valence electrons. The Morgan fingerprint density at radius 2 is 1.97 bits per heavy atom. The van der Waals surface area contributed by atoms with Crippen molar-refractivity contribution in [2.45, 2.75) is 25.4 Å². The summed E-state index contributed by atoms with van der Waals surface area (Å²) in [5.74, 6) is 1.15. The van der Waals surface area contributed by atoms with E-state index in [1.165, 1.54) is 0 Å². The number of ether oxygens (including phenoxy) is 2. The van der Waals surface area contributed by atoms with Crippen LogP contribution in [0.1, 0.15) is 18.4 Å². The van der Waals surface area contributed by atoms with Crippen molar-refractivity contribution in [3.05, 3.63) is 66.5 Å². The van der Waals surface area contributed by atoms with Gasteiger partial charge in [-0.2, -0.15) is 5.10 Å². The van der Waals surface area contributed by atoms with Crippen molar-refractivity contribution in [3.63, 3.8) is 0 Å². The lowest BCUT2D eigenvalue weighted by atomic mass is 10.1. The second-order valence-electron chi connectivity index (χ2n) is 7.25. The first kappa shape index (κ1) is 18.2. The molecule has 2 aliphatic rings. The van der Waals surface area contributed by atoms with Gasteiger partial charge in [0, 0.05) is 31.0 Å². The molecule has 3 heterocycles. The summed E-state index contributed by atoms with van der Waals surface area (Å²) in [6.45, 7) is 0.553. The third kappa shape index (κ3) is 3.47. The Hall–Kier alpha value is -3.81. The van der Waals surface area contributed by atoms with E-state index in [1.807, 2.05) is 54.7 Å². The maximum atomic E-state index is 12.9. The highest BCUT2D eigenvalue weighted by atomic mass is 16.7. The fourth-order valence-electron chi connectivity index (χ4n) is 3.79. The lowest BCUT2D eigenvalue weighted by Crippen LogP contribution is -2.41. The average molecular weight is 404 g/mol. The van der Waals surface area contributed by atoms with Gasteiger partial charge in [-0.1, -0.05) is 6.07 Å². The maximum Gasteiger partial charge on any atom is 0.247 e. The Balaban J connectivity index is 1.28. The van der Waals surface area contributed by atoms with Crippen LogP contribution in [0.4, 0.5) is 5.69 Å². The second kappa shape index (κ2) is 7.55. The Morgan fingerprint density at radius 3 is 2.77 bits per heavy atom. The third-order valence-electron chi connectivity index (χ3n) is 5.32. The number of hydrogen-bond donors (Lipinski definition) is 1. The van der Waals surface area contributed by atoms with Crippen molar-refractivity contribution in [2.75, 3.05) is 12.1 Å². The zero-order valence-electron chi connectivity index (χ0n) is 16.2. The molecule has 0 bridgehead atoms. The quantitative estimate of drug-likeness (QED) is 0.707. The monoisotopic (exact) mass is 404 g/mol. The van der Waals surface area contributed by atoms with Crippen molar-refractivity contribution in [1.82, 2.24) is 14.7 Å². The number of benzene rings is 2. The van der Waals surface area contributed by atoms with Gasteiger partial charge in [0.1, 0.15) is 6.04 Å². The Bertz CT molecular complexity index is 1080. The van der Waals surface area contributed by atoms with Crippen molar-refractivity contribution < 1.29 is 19.1 Å².